The normalized spacial score (nSPS) is 10.5. The molecule has 0 unspecified atom stereocenters. The third-order valence-corrected chi connectivity index (χ3v) is 6.41. The molecule has 2 amide bonds. The van der Waals surface area contributed by atoms with Crippen molar-refractivity contribution in [3.05, 3.63) is 95.0 Å². The summed E-state index contributed by atoms with van der Waals surface area (Å²) in [6, 6.07) is 26.6. The van der Waals surface area contributed by atoms with E-state index >= 15 is 0 Å². The smallest absolute Gasteiger partial charge is 0.260 e. The van der Waals surface area contributed by atoms with Crippen molar-refractivity contribution in [1.82, 2.24) is 15.1 Å². The minimum Gasteiger partial charge on any atom is -0.484 e. The molecule has 0 aliphatic rings. The standard InChI is InChI=1S/C26H23BrN4O3S/c27-21-11-7-10-20(16-21)25-29-30-26(35-25)28-23(32)14-15-31(17-19-8-3-1-4-9-19)24(33)18-34-22-12-5-2-6-13-22/h1-13,16H,14-15,17-18H2,(H,28,30,32). The Hall–Kier alpha value is -3.56. The van der Waals surface area contributed by atoms with E-state index in [0.717, 1.165) is 15.6 Å². The summed E-state index contributed by atoms with van der Waals surface area (Å²) in [6.07, 6.45) is 0.121. The van der Waals surface area contributed by atoms with Crippen LogP contribution < -0.4 is 10.1 Å². The molecule has 0 radical (unpaired) electrons. The third kappa shape index (κ3) is 7.46. The van der Waals surface area contributed by atoms with E-state index in [0.29, 0.717) is 22.4 Å². The second kappa shape index (κ2) is 12.2. The third-order valence-electron chi connectivity index (χ3n) is 5.03. The van der Waals surface area contributed by atoms with Gasteiger partial charge in [0.25, 0.3) is 5.91 Å². The van der Waals surface area contributed by atoms with Crippen LogP contribution in [0.4, 0.5) is 5.13 Å². The zero-order chi connectivity index (χ0) is 24.5. The molecule has 0 saturated carbocycles. The van der Waals surface area contributed by atoms with Crippen LogP contribution in [-0.2, 0) is 16.1 Å². The molecule has 1 aromatic heterocycles. The summed E-state index contributed by atoms with van der Waals surface area (Å²) in [7, 11) is 0. The van der Waals surface area contributed by atoms with Crippen molar-refractivity contribution in [3.63, 3.8) is 0 Å². The molecule has 0 atom stereocenters. The molecule has 9 heteroatoms. The maximum atomic E-state index is 12.9. The van der Waals surface area contributed by atoms with Crippen LogP contribution in [0.1, 0.15) is 12.0 Å². The maximum absolute atomic E-state index is 12.9. The number of amides is 2. The molecule has 4 aromatic rings. The molecule has 0 bridgehead atoms. The average molecular weight is 551 g/mol. The van der Waals surface area contributed by atoms with Gasteiger partial charge >= 0.3 is 0 Å². The summed E-state index contributed by atoms with van der Waals surface area (Å²) in [5, 5.41) is 12.2. The van der Waals surface area contributed by atoms with Gasteiger partial charge in [0.15, 0.2) is 6.61 Å². The lowest BCUT2D eigenvalue weighted by molar-refractivity contribution is -0.134. The molecular formula is C26H23BrN4O3S. The first-order valence-corrected chi connectivity index (χ1v) is 12.6. The fraction of sp³-hybridized carbons (Fsp3) is 0.154. The van der Waals surface area contributed by atoms with Gasteiger partial charge in [-0.1, -0.05) is 87.9 Å². The molecule has 3 aromatic carbocycles. The molecule has 7 nitrogen and oxygen atoms in total. The number of carbonyl (C=O) groups excluding carboxylic acids is 2. The van der Waals surface area contributed by atoms with Gasteiger partial charge in [0.2, 0.25) is 11.0 Å². The second-order valence-electron chi connectivity index (χ2n) is 7.62. The first-order valence-electron chi connectivity index (χ1n) is 11.0. The van der Waals surface area contributed by atoms with Crippen LogP contribution >= 0.6 is 27.3 Å². The van der Waals surface area contributed by atoms with E-state index in [4.69, 9.17) is 4.74 Å². The number of anilines is 1. The Kier molecular flexibility index (Phi) is 8.58. The lowest BCUT2D eigenvalue weighted by Crippen LogP contribution is -2.36. The molecule has 4 rings (SSSR count). The number of benzene rings is 3. The van der Waals surface area contributed by atoms with Crippen molar-refractivity contribution in [2.24, 2.45) is 0 Å². The van der Waals surface area contributed by atoms with Crippen LogP contribution in [0.15, 0.2) is 89.4 Å². The highest BCUT2D eigenvalue weighted by atomic mass is 79.9. The molecule has 0 fully saturated rings. The number of halogens is 1. The summed E-state index contributed by atoms with van der Waals surface area (Å²) in [5.41, 5.74) is 1.89. The lowest BCUT2D eigenvalue weighted by atomic mass is 10.2. The van der Waals surface area contributed by atoms with Crippen LogP contribution in [-0.4, -0.2) is 40.1 Å². The number of para-hydroxylation sites is 1. The Balaban J connectivity index is 1.35. The molecule has 0 aliphatic carbocycles. The van der Waals surface area contributed by atoms with Gasteiger partial charge in [0.05, 0.1) is 0 Å². The van der Waals surface area contributed by atoms with Crippen molar-refractivity contribution in [3.8, 4) is 16.3 Å². The number of hydrogen-bond donors (Lipinski definition) is 1. The topological polar surface area (TPSA) is 84.4 Å². The number of hydrogen-bond acceptors (Lipinski definition) is 6. The Morgan fingerprint density at radius 2 is 1.69 bits per heavy atom. The van der Waals surface area contributed by atoms with Gasteiger partial charge in [-0.15, -0.1) is 10.2 Å². The van der Waals surface area contributed by atoms with E-state index in [9.17, 15) is 9.59 Å². The first-order chi connectivity index (χ1) is 17.1. The van der Waals surface area contributed by atoms with Gasteiger partial charge in [0.1, 0.15) is 10.8 Å². The van der Waals surface area contributed by atoms with Crippen LogP contribution in [0.2, 0.25) is 0 Å². The summed E-state index contributed by atoms with van der Waals surface area (Å²) < 4.78 is 6.57. The van der Waals surface area contributed by atoms with Gasteiger partial charge in [-0.3, -0.25) is 9.59 Å². The van der Waals surface area contributed by atoms with Crippen molar-refractivity contribution >= 4 is 44.2 Å². The summed E-state index contributed by atoms with van der Waals surface area (Å²) in [5.74, 6) is 0.186. The first kappa shape index (κ1) is 24.6. The van der Waals surface area contributed by atoms with Gasteiger partial charge in [0, 0.05) is 29.5 Å². The Labute approximate surface area is 215 Å². The predicted octanol–water partition coefficient (Wildman–Crippen LogP) is 5.40. The molecule has 178 valence electrons. The Bertz CT molecular complexity index is 1270. The van der Waals surface area contributed by atoms with Gasteiger partial charge < -0.3 is 15.0 Å². The van der Waals surface area contributed by atoms with Crippen molar-refractivity contribution in [2.45, 2.75) is 13.0 Å². The molecule has 0 aliphatic heterocycles. The zero-order valence-electron chi connectivity index (χ0n) is 18.8. The molecule has 1 heterocycles. The van der Waals surface area contributed by atoms with Gasteiger partial charge in [-0.05, 0) is 29.8 Å². The van der Waals surface area contributed by atoms with Crippen LogP contribution in [0, 0.1) is 0 Å². The summed E-state index contributed by atoms with van der Waals surface area (Å²) in [6.45, 7) is 0.525. The van der Waals surface area contributed by atoms with Gasteiger partial charge in [-0.2, -0.15) is 0 Å². The second-order valence-corrected chi connectivity index (χ2v) is 9.52. The van der Waals surface area contributed by atoms with E-state index < -0.39 is 0 Å². The quantitative estimate of drug-likeness (QED) is 0.285. The monoisotopic (exact) mass is 550 g/mol. The van der Waals surface area contributed by atoms with E-state index in [2.05, 4.69) is 31.4 Å². The highest BCUT2D eigenvalue weighted by Gasteiger charge is 2.17. The highest BCUT2D eigenvalue weighted by Crippen LogP contribution is 2.28. The van der Waals surface area contributed by atoms with Crippen LogP contribution in [0.25, 0.3) is 10.6 Å². The summed E-state index contributed by atoms with van der Waals surface area (Å²) >= 11 is 4.74. The number of carbonyl (C=O) groups is 2. The van der Waals surface area contributed by atoms with Crippen LogP contribution in [0.3, 0.4) is 0 Å². The van der Waals surface area contributed by atoms with Crippen molar-refractivity contribution in [1.29, 1.82) is 0 Å². The van der Waals surface area contributed by atoms with Crippen molar-refractivity contribution < 1.29 is 14.3 Å². The summed E-state index contributed by atoms with van der Waals surface area (Å²) in [4.78, 5) is 27.2. The minimum atomic E-state index is -0.239. The number of nitrogens with one attached hydrogen (secondary N) is 1. The maximum Gasteiger partial charge on any atom is 0.260 e. The fourth-order valence-electron chi connectivity index (χ4n) is 3.28. The van der Waals surface area contributed by atoms with Crippen LogP contribution in [0.5, 0.6) is 5.75 Å². The zero-order valence-corrected chi connectivity index (χ0v) is 21.2. The molecule has 0 spiro atoms. The molecule has 35 heavy (non-hydrogen) atoms. The van der Waals surface area contributed by atoms with Crippen molar-refractivity contribution in [2.75, 3.05) is 18.5 Å². The number of nitrogens with zero attached hydrogens (tertiary/aromatic N) is 3. The van der Waals surface area contributed by atoms with E-state index in [1.54, 1.807) is 17.0 Å². The number of rotatable bonds is 10. The predicted molar refractivity (Wildman–Crippen MR) is 140 cm³/mol. The molecule has 1 N–H and O–H groups in total. The number of aromatic nitrogens is 2. The SMILES string of the molecule is O=C(CCN(Cc1ccccc1)C(=O)COc1ccccc1)Nc1nnc(-c2cccc(Br)c2)s1. The van der Waals surface area contributed by atoms with E-state index in [1.165, 1.54) is 11.3 Å². The largest absolute Gasteiger partial charge is 0.484 e. The van der Waals surface area contributed by atoms with Gasteiger partial charge in [-0.25, -0.2) is 0 Å². The molecule has 0 saturated heterocycles. The lowest BCUT2D eigenvalue weighted by Gasteiger charge is -2.22. The Morgan fingerprint density at radius 3 is 2.43 bits per heavy atom. The number of ether oxygens (including phenoxy) is 1. The minimum absolute atomic E-state index is 0.106. The highest BCUT2D eigenvalue weighted by molar-refractivity contribution is 9.10. The average Bonchev–Trinajstić information content (AvgIpc) is 3.35. The van der Waals surface area contributed by atoms with E-state index in [-0.39, 0.29) is 31.4 Å². The fourth-order valence-corrected chi connectivity index (χ4v) is 4.43. The molecular weight excluding hydrogens is 528 g/mol. The van der Waals surface area contributed by atoms with E-state index in [1.807, 2.05) is 72.8 Å². The Morgan fingerprint density at radius 1 is 0.943 bits per heavy atom.